The highest BCUT2D eigenvalue weighted by atomic mass is 16.5. The van der Waals surface area contributed by atoms with Gasteiger partial charge in [-0.1, -0.05) is 24.3 Å². The van der Waals surface area contributed by atoms with Crippen LogP contribution < -0.4 is 9.64 Å². The Bertz CT molecular complexity index is 1190. The lowest BCUT2D eigenvalue weighted by atomic mass is 9.84. The van der Waals surface area contributed by atoms with E-state index in [1.54, 1.807) is 49.4 Å². The molecule has 1 saturated heterocycles. The topological polar surface area (TPSA) is 90.0 Å². The smallest absolute Gasteiger partial charge is 0.338 e. The van der Waals surface area contributed by atoms with E-state index in [0.29, 0.717) is 17.0 Å². The van der Waals surface area contributed by atoms with Crippen LogP contribution in [-0.4, -0.2) is 43.2 Å². The van der Waals surface area contributed by atoms with Gasteiger partial charge in [0.2, 0.25) is 5.78 Å². The van der Waals surface area contributed by atoms with Gasteiger partial charge >= 0.3 is 5.97 Å². The number of amides is 1. The molecule has 1 aliphatic heterocycles. The van der Waals surface area contributed by atoms with Crippen molar-refractivity contribution in [3.63, 3.8) is 0 Å². The van der Waals surface area contributed by atoms with Crippen molar-refractivity contribution in [2.75, 3.05) is 18.6 Å². The second-order valence-corrected chi connectivity index (χ2v) is 8.01. The number of nitrogens with zero attached hydrogens (tertiary/aromatic N) is 1. The monoisotopic (exact) mass is 459 g/mol. The molecule has 34 heavy (non-hydrogen) atoms. The van der Waals surface area contributed by atoms with Crippen molar-refractivity contribution < 1.29 is 28.7 Å². The fraction of sp³-hybridized carbons (Fsp3) is 0.259. The summed E-state index contributed by atoms with van der Waals surface area (Å²) >= 11 is 0. The fourth-order valence-corrected chi connectivity index (χ4v) is 4.34. The Morgan fingerprint density at radius 1 is 1.03 bits per heavy atom. The zero-order chi connectivity index (χ0) is 24.2. The highest BCUT2D eigenvalue weighted by Crippen LogP contribution is 2.37. The molecule has 1 amide bonds. The minimum absolute atomic E-state index is 0.211. The van der Waals surface area contributed by atoms with Crippen LogP contribution in [0.15, 0.2) is 72.3 Å². The molecular weight excluding hydrogens is 434 g/mol. The molecule has 0 saturated carbocycles. The first-order valence-electron chi connectivity index (χ1n) is 11.2. The predicted molar refractivity (Wildman–Crippen MR) is 126 cm³/mol. The largest absolute Gasteiger partial charge is 0.497 e. The second kappa shape index (κ2) is 9.87. The van der Waals surface area contributed by atoms with Crippen LogP contribution in [0.3, 0.4) is 0 Å². The first-order chi connectivity index (χ1) is 16.5. The average Bonchev–Trinajstić information content (AvgIpc) is 3.14. The molecule has 0 spiro atoms. The lowest BCUT2D eigenvalue weighted by Crippen LogP contribution is -2.39. The summed E-state index contributed by atoms with van der Waals surface area (Å²) in [6, 6.07) is 12.0. The number of hydrogen-bond donors (Lipinski definition) is 0. The van der Waals surface area contributed by atoms with Crippen molar-refractivity contribution in [3.8, 4) is 5.75 Å². The number of ketones is 2. The molecule has 0 aromatic heterocycles. The Morgan fingerprint density at radius 3 is 2.44 bits per heavy atom. The number of methoxy groups -OCH3 is 1. The number of benzene rings is 2. The maximum absolute atomic E-state index is 13.5. The molecule has 2 unspecified atom stereocenters. The van der Waals surface area contributed by atoms with Gasteiger partial charge in [0.05, 0.1) is 25.3 Å². The van der Waals surface area contributed by atoms with Crippen LogP contribution in [0, 0.1) is 5.92 Å². The van der Waals surface area contributed by atoms with Crippen LogP contribution in [0.4, 0.5) is 5.69 Å². The maximum atomic E-state index is 13.5. The Morgan fingerprint density at radius 2 is 1.79 bits per heavy atom. The number of allylic oxidation sites excluding steroid dienone is 2. The lowest BCUT2D eigenvalue weighted by molar-refractivity contribution is -0.135. The summed E-state index contributed by atoms with van der Waals surface area (Å²) in [5.74, 6) is -3.14. The third-order valence-corrected chi connectivity index (χ3v) is 5.96. The number of esters is 1. The third-order valence-electron chi connectivity index (χ3n) is 5.96. The van der Waals surface area contributed by atoms with Gasteiger partial charge in [0.15, 0.2) is 5.78 Å². The van der Waals surface area contributed by atoms with Gasteiger partial charge in [-0.25, -0.2) is 4.79 Å². The number of anilines is 1. The molecule has 2 aromatic carbocycles. The van der Waals surface area contributed by atoms with E-state index in [9.17, 15) is 19.2 Å². The molecule has 2 aliphatic rings. The van der Waals surface area contributed by atoms with Gasteiger partial charge in [0.25, 0.3) is 5.91 Å². The van der Waals surface area contributed by atoms with Gasteiger partial charge in [-0.05, 0) is 67.8 Å². The second-order valence-electron chi connectivity index (χ2n) is 8.01. The van der Waals surface area contributed by atoms with Crippen LogP contribution in [0.25, 0.3) is 0 Å². The number of rotatable bonds is 7. The molecule has 174 valence electrons. The highest BCUT2D eigenvalue weighted by Gasteiger charge is 2.52. The van der Waals surface area contributed by atoms with Crippen molar-refractivity contribution in [2.24, 2.45) is 5.92 Å². The highest BCUT2D eigenvalue weighted by molar-refractivity contribution is 6.49. The summed E-state index contributed by atoms with van der Waals surface area (Å²) in [4.78, 5) is 53.6. The summed E-state index contributed by atoms with van der Waals surface area (Å²) < 4.78 is 10.2. The number of carbonyl (C=O) groups is 4. The average molecular weight is 459 g/mol. The van der Waals surface area contributed by atoms with Crippen molar-refractivity contribution in [2.45, 2.75) is 25.8 Å². The molecule has 7 nitrogen and oxygen atoms in total. The van der Waals surface area contributed by atoms with Crippen LogP contribution in [-0.2, 0) is 14.3 Å². The molecular formula is C27H25NO6. The van der Waals surface area contributed by atoms with Gasteiger partial charge in [-0.15, -0.1) is 0 Å². The molecule has 1 fully saturated rings. The van der Waals surface area contributed by atoms with Crippen LogP contribution >= 0.6 is 0 Å². The quantitative estimate of drug-likeness (QED) is 0.270. The Labute approximate surface area is 197 Å². The van der Waals surface area contributed by atoms with E-state index in [2.05, 4.69) is 0 Å². The van der Waals surface area contributed by atoms with Gasteiger partial charge in [-0.2, -0.15) is 0 Å². The minimum atomic E-state index is -1.21. The van der Waals surface area contributed by atoms with Crippen molar-refractivity contribution in [1.82, 2.24) is 0 Å². The normalized spacial score (nSPS) is 19.7. The van der Waals surface area contributed by atoms with Gasteiger partial charge < -0.3 is 9.47 Å². The van der Waals surface area contributed by atoms with E-state index < -0.39 is 35.4 Å². The van der Waals surface area contributed by atoms with Crippen LogP contribution in [0.1, 0.15) is 40.5 Å². The fourth-order valence-electron chi connectivity index (χ4n) is 4.34. The standard InChI is InChI=1S/C27H25NO6/c1-3-34-27(32)19-10-7-11-20(16-19)28-23(17-8-5-4-6-9-17)22(25(30)26(28)31)24(29)18-12-14-21(33-2)15-13-18/h5,7-16,22-23H,3-4,6H2,1-2H3. The van der Waals surface area contributed by atoms with Gasteiger partial charge in [0, 0.05) is 11.3 Å². The Hall–Kier alpha value is -4.00. The summed E-state index contributed by atoms with van der Waals surface area (Å²) in [7, 11) is 1.52. The molecule has 2 atom stereocenters. The zero-order valence-corrected chi connectivity index (χ0v) is 19.0. The minimum Gasteiger partial charge on any atom is -0.497 e. The maximum Gasteiger partial charge on any atom is 0.338 e. The third kappa shape index (κ3) is 4.29. The summed E-state index contributed by atoms with van der Waals surface area (Å²) in [6.07, 6.45) is 7.35. The zero-order valence-electron chi connectivity index (χ0n) is 19.0. The van der Waals surface area contributed by atoms with E-state index in [1.807, 2.05) is 18.2 Å². The van der Waals surface area contributed by atoms with Crippen LogP contribution in [0.2, 0.25) is 0 Å². The van der Waals surface area contributed by atoms with Crippen molar-refractivity contribution >= 4 is 29.1 Å². The number of carbonyl (C=O) groups excluding carboxylic acids is 4. The van der Waals surface area contributed by atoms with E-state index >= 15 is 0 Å². The molecule has 0 N–H and O–H groups in total. The molecule has 1 heterocycles. The molecule has 7 heteroatoms. The van der Waals surface area contributed by atoms with Gasteiger partial charge in [-0.3, -0.25) is 19.3 Å². The molecule has 0 radical (unpaired) electrons. The van der Waals surface area contributed by atoms with E-state index in [1.165, 1.54) is 18.1 Å². The number of Topliss-reactive ketones (excluding diaryl/α,β-unsaturated/α-hetero) is 2. The Kier molecular flexibility index (Phi) is 6.72. The van der Waals surface area contributed by atoms with Crippen LogP contribution in [0.5, 0.6) is 5.75 Å². The predicted octanol–water partition coefficient (Wildman–Crippen LogP) is 3.93. The van der Waals surface area contributed by atoms with Crippen molar-refractivity contribution in [1.29, 1.82) is 0 Å². The van der Waals surface area contributed by atoms with E-state index in [-0.39, 0.29) is 12.2 Å². The number of hydrogen-bond acceptors (Lipinski definition) is 6. The molecule has 0 bridgehead atoms. The van der Waals surface area contributed by atoms with Gasteiger partial charge in [0.1, 0.15) is 11.7 Å². The van der Waals surface area contributed by atoms with Crippen molar-refractivity contribution in [3.05, 3.63) is 83.5 Å². The molecule has 2 aromatic rings. The molecule has 1 aliphatic carbocycles. The summed E-state index contributed by atoms with van der Waals surface area (Å²) in [5.41, 5.74) is 1.66. The number of ether oxygens (including phenoxy) is 2. The first-order valence-corrected chi connectivity index (χ1v) is 11.2. The SMILES string of the molecule is CCOC(=O)c1cccc(N2C(=O)C(=O)C(C(=O)c3ccc(OC)cc3)C2C2=CCCC=C2)c1. The lowest BCUT2D eigenvalue weighted by Gasteiger charge is -2.29. The molecule has 4 rings (SSSR count). The summed E-state index contributed by atoms with van der Waals surface area (Å²) in [5, 5.41) is 0. The van der Waals surface area contributed by atoms with E-state index in [0.717, 1.165) is 18.4 Å². The first kappa shape index (κ1) is 23.2. The van der Waals surface area contributed by atoms with E-state index in [4.69, 9.17) is 9.47 Å². The summed E-state index contributed by atoms with van der Waals surface area (Å²) in [6.45, 7) is 1.92. The Balaban J connectivity index is 1.78.